The molecule has 0 amide bonds. The third-order valence-corrected chi connectivity index (χ3v) is 2.96. The van der Waals surface area contributed by atoms with E-state index in [0.717, 1.165) is 15.5 Å². The minimum atomic E-state index is 0.668. The molecule has 0 unspecified atom stereocenters. The Balaban J connectivity index is 2.32. The lowest BCUT2D eigenvalue weighted by atomic mass is 10.4. The Bertz CT molecular complexity index is 459. The second kappa shape index (κ2) is 2.54. The monoisotopic (exact) mass is 237 g/mol. The molecule has 0 atom stereocenters. The van der Waals surface area contributed by atoms with Gasteiger partial charge in [0.15, 0.2) is 0 Å². The molecule has 1 aliphatic rings. The van der Waals surface area contributed by atoms with Crippen LogP contribution in [-0.4, -0.2) is 14.5 Å². The predicted octanol–water partition coefficient (Wildman–Crippen LogP) is 2.53. The van der Waals surface area contributed by atoms with Gasteiger partial charge in [-0.1, -0.05) is 0 Å². The van der Waals surface area contributed by atoms with E-state index >= 15 is 0 Å². The molecule has 0 bridgehead atoms. The largest absolute Gasteiger partial charge is 0.326 e. The summed E-state index contributed by atoms with van der Waals surface area (Å²) in [5.41, 5.74) is 2.15. The van der Waals surface area contributed by atoms with Crippen molar-refractivity contribution in [2.45, 2.75) is 18.9 Å². The average Bonchev–Trinajstić information content (AvgIpc) is 2.87. The predicted molar refractivity (Wildman–Crippen MR) is 53.5 cm³/mol. The number of pyridine rings is 1. The summed E-state index contributed by atoms with van der Waals surface area (Å²) in [6.45, 7) is 0. The van der Waals surface area contributed by atoms with Crippen molar-refractivity contribution in [3.05, 3.63) is 23.2 Å². The number of halogens is 1. The van der Waals surface area contributed by atoms with E-state index in [2.05, 4.69) is 30.5 Å². The molecule has 2 aromatic rings. The zero-order valence-corrected chi connectivity index (χ0v) is 8.53. The van der Waals surface area contributed by atoms with E-state index in [-0.39, 0.29) is 0 Å². The highest BCUT2D eigenvalue weighted by Crippen LogP contribution is 2.37. The molecule has 0 aromatic carbocycles. The van der Waals surface area contributed by atoms with Crippen LogP contribution in [-0.2, 0) is 0 Å². The Labute approximate surface area is 83.9 Å². The van der Waals surface area contributed by atoms with E-state index in [4.69, 9.17) is 0 Å². The van der Waals surface area contributed by atoms with Gasteiger partial charge in [-0.15, -0.1) is 0 Å². The lowest BCUT2D eigenvalue weighted by Gasteiger charge is -1.99. The maximum absolute atomic E-state index is 4.36. The van der Waals surface area contributed by atoms with E-state index in [1.807, 2.05) is 12.5 Å². The molecule has 2 heterocycles. The van der Waals surface area contributed by atoms with Crippen molar-refractivity contribution in [1.82, 2.24) is 14.5 Å². The molecule has 1 aliphatic carbocycles. The second-order valence-electron chi connectivity index (χ2n) is 3.37. The molecule has 0 saturated heterocycles. The highest BCUT2D eigenvalue weighted by atomic mass is 79.9. The van der Waals surface area contributed by atoms with Gasteiger partial charge in [-0.05, 0) is 28.8 Å². The fourth-order valence-corrected chi connectivity index (χ4v) is 1.98. The Morgan fingerprint density at radius 1 is 1.38 bits per heavy atom. The van der Waals surface area contributed by atoms with E-state index in [1.54, 1.807) is 6.20 Å². The van der Waals surface area contributed by atoms with E-state index < -0.39 is 0 Å². The Morgan fingerprint density at radius 2 is 2.23 bits per heavy atom. The lowest BCUT2D eigenvalue weighted by Crippen LogP contribution is -1.90. The van der Waals surface area contributed by atoms with Gasteiger partial charge in [0.2, 0.25) is 0 Å². The van der Waals surface area contributed by atoms with E-state index in [1.165, 1.54) is 12.8 Å². The zero-order valence-electron chi connectivity index (χ0n) is 6.94. The van der Waals surface area contributed by atoms with Gasteiger partial charge in [0, 0.05) is 12.2 Å². The molecule has 4 heteroatoms. The van der Waals surface area contributed by atoms with Crippen LogP contribution in [0.4, 0.5) is 0 Å². The summed E-state index contributed by atoms with van der Waals surface area (Å²) >= 11 is 3.44. The van der Waals surface area contributed by atoms with Crippen LogP contribution in [0.5, 0.6) is 0 Å². The Hall–Kier alpha value is -0.900. The average molecular weight is 238 g/mol. The molecule has 1 fully saturated rings. The van der Waals surface area contributed by atoms with Gasteiger partial charge < -0.3 is 4.57 Å². The Morgan fingerprint density at radius 3 is 3.00 bits per heavy atom. The lowest BCUT2D eigenvalue weighted by molar-refractivity contribution is 0.764. The third kappa shape index (κ3) is 1.09. The SMILES string of the molecule is Brc1cncc2c1ncn2C1CC1. The van der Waals surface area contributed by atoms with Gasteiger partial charge in [0.25, 0.3) is 0 Å². The first-order valence-electron chi connectivity index (χ1n) is 4.32. The Kier molecular flexibility index (Phi) is 1.47. The first-order valence-corrected chi connectivity index (χ1v) is 5.11. The van der Waals surface area contributed by atoms with Crippen LogP contribution in [0.1, 0.15) is 18.9 Å². The van der Waals surface area contributed by atoms with Crippen LogP contribution in [0.2, 0.25) is 0 Å². The van der Waals surface area contributed by atoms with Crippen LogP contribution < -0.4 is 0 Å². The van der Waals surface area contributed by atoms with Crippen molar-refractivity contribution in [3.8, 4) is 0 Å². The van der Waals surface area contributed by atoms with Gasteiger partial charge in [-0.25, -0.2) is 4.98 Å². The van der Waals surface area contributed by atoms with Crippen LogP contribution in [0.25, 0.3) is 11.0 Å². The molecular weight excluding hydrogens is 230 g/mol. The first kappa shape index (κ1) is 7.50. The fourth-order valence-electron chi connectivity index (χ4n) is 1.56. The molecule has 13 heavy (non-hydrogen) atoms. The van der Waals surface area contributed by atoms with Crippen molar-refractivity contribution in [2.75, 3.05) is 0 Å². The zero-order chi connectivity index (χ0) is 8.84. The molecular formula is C9H8BrN3. The highest BCUT2D eigenvalue weighted by Gasteiger charge is 2.25. The molecule has 1 saturated carbocycles. The van der Waals surface area contributed by atoms with Crippen molar-refractivity contribution in [1.29, 1.82) is 0 Å². The molecule has 0 spiro atoms. The van der Waals surface area contributed by atoms with Gasteiger partial charge in [-0.3, -0.25) is 4.98 Å². The fraction of sp³-hybridized carbons (Fsp3) is 0.333. The van der Waals surface area contributed by atoms with Gasteiger partial charge >= 0.3 is 0 Å². The summed E-state index contributed by atoms with van der Waals surface area (Å²) in [7, 11) is 0. The van der Waals surface area contributed by atoms with Gasteiger partial charge in [0.1, 0.15) is 5.52 Å². The summed E-state index contributed by atoms with van der Waals surface area (Å²) < 4.78 is 3.19. The number of imidazole rings is 1. The summed E-state index contributed by atoms with van der Waals surface area (Å²) in [6, 6.07) is 0.668. The number of hydrogen-bond donors (Lipinski definition) is 0. The normalized spacial score (nSPS) is 16.7. The van der Waals surface area contributed by atoms with Crippen LogP contribution in [0.3, 0.4) is 0 Å². The number of rotatable bonds is 1. The van der Waals surface area contributed by atoms with Gasteiger partial charge in [0.05, 0.1) is 22.5 Å². The topological polar surface area (TPSA) is 30.7 Å². The van der Waals surface area contributed by atoms with Crippen molar-refractivity contribution >= 4 is 27.0 Å². The molecule has 3 nitrogen and oxygen atoms in total. The van der Waals surface area contributed by atoms with E-state index in [9.17, 15) is 0 Å². The molecule has 0 aliphatic heterocycles. The maximum Gasteiger partial charge on any atom is 0.106 e. The van der Waals surface area contributed by atoms with Crippen molar-refractivity contribution in [3.63, 3.8) is 0 Å². The summed E-state index contributed by atoms with van der Waals surface area (Å²) in [5.74, 6) is 0. The van der Waals surface area contributed by atoms with Crippen molar-refractivity contribution in [2.24, 2.45) is 0 Å². The highest BCUT2D eigenvalue weighted by molar-refractivity contribution is 9.10. The minimum absolute atomic E-state index is 0.668. The molecule has 3 rings (SSSR count). The molecule has 0 N–H and O–H groups in total. The second-order valence-corrected chi connectivity index (χ2v) is 4.23. The number of hydrogen-bond acceptors (Lipinski definition) is 2. The number of fused-ring (bicyclic) bond motifs is 1. The summed E-state index contributed by atoms with van der Waals surface area (Å²) in [5, 5.41) is 0. The van der Waals surface area contributed by atoms with Crippen LogP contribution in [0, 0.1) is 0 Å². The van der Waals surface area contributed by atoms with Crippen LogP contribution >= 0.6 is 15.9 Å². The third-order valence-electron chi connectivity index (χ3n) is 2.38. The number of nitrogens with zero attached hydrogens (tertiary/aromatic N) is 3. The quantitative estimate of drug-likeness (QED) is 0.764. The first-order chi connectivity index (χ1) is 6.36. The van der Waals surface area contributed by atoms with Crippen LogP contribution in [0.15, 0.2) is 23.2 Å². The summed E-state index contributed by atoms with van der Waals surface area (Å²) in [4.78, 5) is 8.50. The minimum Gasteiger partial charge on any atom is -0.326 e. The van der Waals surface area contributed by atoms with Crippen molar-refractivity contribution < 1.29 is 0 Å². The van der Waals surface area contributed by atoms with Gasteiger partial charge in [-0.2, -0.15) is 0 Å². The maximum atomic E-state index is 4.36. The molecule has 2 aromatic heterocycles. The summed E-state index contributed by atoms with van der Waals surface area (Å²) in [6.07, 6.45) is 8.13. The number of aromatic nitrogens is 3. The smallest absolute Gasteiger partial charge is 0.106 e. The standard InChI is InChI=1S/C9H8BrN3/c10-7-3-11-4-8-9(7)12-5-13(8)6-1-2-6/h3-6H,1-2H2. The van der Waals surface area contributed by atoms with E-state index in [0.29, 0.717) is 6.04 Å². The molecule has 0 radical (unpaired) electrons. The molecule has 66 valence electrons.